The van der Waals surface area contributed by atoms with Gasteiger partial charge in [0.25, 0.3) is 0 Å². The van der Waals surface area contributed by atoms with Crippen LogP contribution in [0.2, 0.25) is 0 Å². The van der Waals surface area contributed by atoms with Crippen LogP contribution in [0.15, 0.2) is 48.8 Å². The number of amides is 2. The molecule has 0 saturated heterocycles. The Morgan fingerprint density at radius 3 is 3.00 bits per heavy atom. The van der Waals surface area contributed by atoms with Crippen LogP contribution < -0.4 is 15.4 Å². The molecule has 0 radical (unpaired) electrons. The number of para-hydroxylation sites is 1. The molecule has 1 unspecified atom stereocenters. The molecule has 2 aromatic rings. The third kappa shape index (κ3) is 3.75. The molecule has 0 bridgehead atoms. The Labute approximate surface area is 129 Å². The second-order valence-corrected chi connectivity index (χ2v) is 5.41. The van der Waals surface area contributed by atoms with E-state index >= 15 is 0 Å². The summed E-state index contributed by atoms with van der Waals surface area (Å²) < 4.78 is 5.72. The molecule has 1 aromatic carbocycles. The monoisotopic (exact) mass is 297 g/mol. The van der Waals surface area contributed by atoms with Crippen LogP contribution in [0.1, 0.15) is 11.1 Å². The Bertz CT molecular complexity index is 631. The highest BCUT2D eigenvalue weighted by atomic mass is 16.5. The first-order valence-corrected chi connectivity index (χ1v) is 7.42. The molecule has 2 heterocycles. The van der Waals surface area contributed by atoms with E-state index in [4.69, 9.17) is 4.74 Å². The lowest BCUT2D eigenvalue weighted by Crippen LogP contribution is -2.40. The van der Waals surface area contributed by atoms with Crippen molar-refractivity contribution < 1.29 is 9.53 Å². The van der Waals surface area contributed by atoms with Gasteiger partial charge in [-0.1, -0.05) is 24.3 Å². The molecule has 1 aromatic heterocycles. The number of carbonyl (C=O) groups excluding carboxylic acids is 1. The zero-order chi connectivity index (χ0) is 15.2. The van der Waals surface area contributed by atoms with Gasteiger partial charge in [-0.3, -0.25) is 4.98 Å². The van der Waals surface area contributed by atoms with E-state index in [0.29, 0.717) is 25.6 Å². The Kier molecular flexibility index (Phi) is 4.53. The lowest BCUT2D eigenvalue weighted by atomic mass is 9.97. The summed E-state index contributed by atoms with van der Waals surface area (Å²) in [5.41, 5.74) is 2.18. The molecule has 114 valence electrons. The smallest absolute Gasteiger partial charge is 0.315 e. The molecule has 5 heteroatoms. The van der Waals surface area contributed by atoms with Crippen molar-refractivity contribution >= 4 is 6.03 Å². The molecule has 3 rings (SSSR count). The minimum atomic E-state index is -0.164. The van der Waals surface area contributed by atoms with E-state index < -0.39 is 0 Å². The van der Waals surface area contributed by atoms with Crippen LogP contribution in [0.25, 0.3) is 0 Å². The van der Waals surface area contributed by atoms with Crippen LogP contribution >= 0.6 is 0 Å². The third-order valence-electron chi connectivity index (χ3n) is 3.68. The molecule has 0 spiro atoms. The molecule has 1 aliphatic heterocycles. The minimum Gasteiger partial charge on any atom is -0.493 e. The molecule has 0 aliphatic carbocycles. The highest BCUT2D eigenvalue weighted by Gasteiger charge is 2.19. The molecule has 1 atom stereocenters. The summed E-state index contributed by atoms with van der Waals surface area (Å²) in [5.74, 6) is 1.26. The van der Waals surface area contributed by atoms with Crippen molar-refractivity contribution in [2.24, 2.45) is 5.92 Å². The van der Waals surface area contributed by atoms with E-state index in [0.717, 1.165) is 17.7 Å². The summed E-state index contributed by atoms with van der Waals surface area (Å²) in [6.07, 6.45) is 4.38. The van der Waals surface area contributed by atoms with Crippen molar-refractivity contribution in [1.29, 1.82) is 0 Å². The Morgan fingerprint density at radius 2 is 2.14 bits per heavy atom. The summed E-state index contributed by atoms with van der Waals surface area (Å²) in [6.45, 7) is 1.72. The van der Waals surface area contributed by atoms with Gasteiger partial charge in [0.05, 0.1) is 6.61 Å². The Balaban J connectivity index is 1.42. The topological polar surface area (TPSA) is 63.2 Å². The zero-order valence-corrected chi connectivity index (χ0v) is 12.3. The second kappa shape index (κ2) is 6.93. The average Bonchev–Trinajstić information content (AvgIpc) is 2.59. The maximum absolute atomic E-state index is 11.8. The van der Waals surface area contributed by atoms with Gasteiger partial charge in [0.1, 0.15) is 5.75 Å². The van der Waals surface area contributed by atoms with Gasteiger partial charge in [-0.2, -0.15) is 0 Å². The fourth-order valence-corrected chi connectivity index (χ4v) is 2.51. The number of nitrogens with one attached hydrogen (secondary N) is 2. The van der Waals surface area contributed by atoms with Gasteiger partial charge in [0.15, 0.2) is 0 Å². The predicted molar refractivity (Wildman–Crippen MR) is 83.6 cm³/mol. The summed E-state index contributed by atoms with van der Waals surface area (Å²) >= 11 is 0. The highest BCUT2D eigenvalue weighted by molar-refractivity contribution is 5.73. The number of urea groups is 1. The SMILES string of the molecule is O=C(NCc1cccnc1)NCC1COc2ccccc2C1. The van der Waals surface area contributed by atoms with E-state index in [-0.39, 0.29) is 6.03 Å². The molecule has 0 fully saturated rings. The van der Waals surface area contributed by atoms with Crippen molar-refractivity contribution in [1.82, 2.24) is 15.6 Å². The van der Waals surface area contributed by atoms with Crippen LogP contribution in [0.4, 0.5) is 4.79 Å². The van der Waals surface area contributed by atoms with Gasteiger partial charge in [-0.25, -0.2) is 4.79 Å². The largest absolute Gasteiger partial charge is 0.493 e. The average molecular weight is 297 g/mol. The number of pyridine rings is 1. The molecule has 1 aliphatic rings. The van der Waals surface area contributed by atoms with Crippen LogP contribution in [0, 0.1) is 5.92 Å². The number of fused-ring (bicyclic) bond motifs is 1. The Morgan fingerprint density at radius 1 is 1.23 bits per heavy atom. The fourth-order valence-electron chi connectivity index (χ4n) is 2.51. The van der Waals surface area contributed by atoms with Crippen LogP contribution in [0.3, 0.4) is 0 Å². The fraction of sp³-hybridized carbons (Fsp3) is 0.294. The summed E-state index contributed by atoms with van der Waals surface area (Å²) in [6, 6.07) is 11.7. The lowest BCUT2D eigenvalue weighted by molar-refractivity contribution is 0.211. The number of aromatic nitrogens is 1. The first-order chi connectivity index (χ1) is 10.8. The third-order valence-corrected chi connectivity index (χ3v) is 3.68. The summed E-state index contributed by atoms with van der Waals surface area (Å²) in [7, 11) is 0. The van der Waals surface area contributed by atoms with Gasteiger partial charge in [-0.15, -0.1) is 0 Å². The number of rotatable bonds is 4. The maximum Gasteiger partial charge on any atom is 0.315 e. The van der Waals surface area contributed by atoms with Crippen molar-refractivity contribution in [2.75, 3.05) is 13.2 Å². The van der Waals surface area contributed by atoms with E-state index in [2.05, 4.69) is 21.7 Å². The second-order valence-electron chi connectivity index (χ2n) is 5.41. The van der Waals surface area contributed by atoms with Gasteiger partial charge in [-0.05, 0) is 29.7 Å². The molecule has 0 saturated carbocycles. The number of ether oxygens (including phenoxy) is 1. The van der Waals surface area contributed by atoms with Crippen molar-refractivity contribution in [3.8, 4) is 5.75 Å². The standard InChI is InChI=1S/C17H19N3O2/c21-17(19-10-13-4-3-7-18-9-13)20-11-14-8-15-5-1-2-6-16(15)22-12-14/h1-7,9,14H,8,10-12H2,(H2,19,20,21). The molecular formula is C17H19N3O2. The van der Waals surface area contributed by atoms with Gasteiger partial charge >= 0.3 is 6.03 Å². The van der Waals surface area contributed by atoms with E-state index in [1.807, 2.05) is 30.3 Å². The van der Waals surface area contributed by atoms with E-state index in [9.17, 15) is 4.79 Å². The summed E-state index contributed by atoms with van der Waals surface area (Å²) in [4.78, 5) is 15.8. The number of hydrogen-bond acceptors (Lipinski definition) is 3. The maximum atomic E-state index is 11.8. The van der Waals surface area contributed by atoms with Gasteiger partial charge < -0.3 is 15.4 Å². The molecule has 5 nitrogen and oxygen atoms in total. The van der Waals surface area contributed by atoms with Gasteiger partial charge in [0.2, 0.25) is 0 Å². The quantitative estimate of drug-likeness (QED) is 0.908. The normalized spacial score (nSPS) is 16.3. The molecule has 2 amide bonds. The van der Waals surface area contributed by atoms with E-state index in [1.54, 1.807) is 12.4 Å². The van der Waals surface area contributed by atoms with Crippen molar-refractivity contribution in [3.63, 3.8) is 0 Å². The van der Waals surface area contributed by atoms with Crippen LogP contribution in [-0.4, -0.2) is 24.2 Å². The van der Waals surface area contributed by atoms with Crippen molar-refractivity contribution in [3.05, 3.63) is 59.9 Å². The van der Waals surface area contributed by atoms with Crippen LogP contribution in [-0.2, 0) is 13.0 Å². The number of hydrogen-bond donors (Lipinski definition) is 2. The Hall–Kier alpha value is -2.56. The number of nitrogens with zero attached hydrogens (tertiary/aromatic N) is 1. The van der Waals surface area contributed by atoms with Crippen LogP contribution in [0.5, 0.6) is 5.75 Å². The van der Waals surface area contributed by atoms with Crippen molar-refractivity contribution in [2.45, 2.75) is 13.0 Å². The summed E-state index contributed by atoms with van der Waals surface area (Å²) in [5, 5.41) is 5.73. The number of carbonyl (C=O) groups is 1. The number of benzene rings is 1. The van der Waals surface area contributed by atoms with E-state index in [1.165, 1.54) is 5.56 Å². The van der Waals surface area contributed by atoms with Gasteiger partial charge in [0, 0.05) is 31.4 Å². The molecular weight excluding hydrogens is 278 g/mol. The first-order valence-electron chi connectivity index (χ1n) is 7.42. The molecule has 22 heavy (non-hydrogen) atoms. The highest BCUT2D eigenvalue weighted by Crippen LogP contribution is 2.26. The zero-order valence-electron chi connectivity index (χ0n) is 12.3. The lowest BCUT2D eigenvalue weighted by Gasteiger charge is -2.25. The minimum absolute atomic E-state index is 0.164. The first kappa shape index (κ1) is 14.4. The predicted octanol–water partition coefficient (Wildman–Crippen LogP) is 2.13. The molecule has 2 N–H and O–H groups in total.